The van der Waals surface area contributed by atoms with Crippen molar-refractivity contribution >= 4 is 11.9 Å². The second kappa shape index (κ2) is 6.26. The van der Waals surface area contributed by atoms with Gasteiger partial charge in [-0.25, -0.2) is 9.59 Å². The molecule has 2 rings (SSSR count). The summed E-state index contributed by atoms with van der Waals surface area (Å²) in [5.74, 6) is -1.52. The number of carbonyl (C=O) groups excluding carboxylic acids is 1. The number of allylic oxidation sites excluding steroid dienone is 2. The van der Waals surface area contributed by atoms with Gasteiger partial charge >= 0.3 is 11.9 Å². The summed E-state index contributed by atoms with van der Waals surface area (Å²) in [4.78, 5) is 23.3. The van der Waals surface area contributed by atoms with Gasteiger partial charge in [-0.05, 0) is 19.4 Å². The maximum absolute atomic E-state index is 12.1. The number of carboxylic acid groups (broad SMARTS) is 1. The van der Waals surface area contributed by atoms with Crippen LogP contribution in [0.25, 0.3) is 0 Å². The first-order valence-corrected chi connectivity index (χ1v) is 6.60. The van der Waals surface area contributed by atoms with Crippen molar-refractivity contribution in [2.24, 2.45) is 0 Å². The van der Waals surface area contributed by atoms with Crippen molar-refractivity contribution in [1.29, 1.82) is 0 Å². The number of benzene rings is 1. The van der Waals surface area contributed by atoms with Crippen molar-refractivity contribution in [3.8, 4) is 0 Å². The Morgan fingerprint density at radius 2 is 1.76 bits per heavy atom. The summed E-state index contributed by atoms with van der Waals surface area (Å²) in [6, 6.07) is 9.34. The number of carboxylic acids is 1. The molecule has 0 atom stereocenters. The maximum atomic E-state index is 12.1. The van der Waals surface area contributed by atoms with Gasteiger partial charge in [-0.3, -0.25) is 0 Å². The number of aliphatic carboxylic acids is 1. The van der Waals surface area contributed by atoms with E-state index in [-0.39, 0.29) is 18.6 Å². The highest BCUT2D eigenvalue weighted by Crippen LogP contribution is 2.24. The van der Waals surface area contributed by atoms with Crippen molar-refractivity contribution in [2.45, 2.75) is 26.9 Å². The molecule has 1 aliphatic rings. The lowest BCUT2D eigenvalue weighted by Gasteiger charge is -2.21. The van der Waals surface area contributed by atoms with Crippen LogP contribution >= 0.6 is 0 Å². The molecule has 0 radical (unpaired) electrons. The Morgan fingerprint density at radius 1 is 1.14 bits per heavy atom. The molecule has 0 bridgehead atoms. The normalized spacial score (nSPS) is 14.8. The first kappa shape index (κ1) is 14.8. The van der Waals surface area contributed by atoms with Crippen LogP contribution in [0.1, 0.15) is 25.8 Å². The van der Waals surface area contributed by atoms with Gasteiger partial charge in [0.05, 0.1) is 11.1 Å². The highest BCUT2D eigenvalue weighted by Gasteiger charge is 2.25. The number of esters is 1. The fraction of sp³-hybridized carbons (Fsp3) is 0.250. The van der Waals surface area contributed by atoms with Gasteiger partial charge in [-0.2, -0.15) is 0 Å². The zero-order chi connectivity index (χ0) is 15.4. The Morgan fingerprint density at radius 3 is 2.38 bits per heavy atom. The highest BCUT2D eigenvalue weighted by molar-refractivity contribution is 5.95. The van der Waals surface area contributed by atoms with E-state index in [2.05, 4.69) is 5.32 Å². The zero-order valence-electron chi connectivity index (χ0n) is 12.0. The minimum atomic E-state index is -1.03. The van der Waals surface area contributed by atoms with Crippen molar-refractivity contribution in [2.75, 3.05) is 0 Å². The number of rotatable bonds is 4. The lowest BCUT2D eigenvalue weighted by Crippen LogP contribution is -2.25. The van der Waals surface area contributed by atoms with Crippen LogP contribution in [0.3, 0.4) is 0 Å². The standard InChI is InChI=1S/C16H17NO4/c1-10-13(15(18)19)8-14(11(2)17-10)16(20)21-9-12-6-4-3-5-7-12/h3-7,17H,8-9H2,1-2H3,(H,18,19). The molecule has 2 N–H and O–H groups in total. The van der Waals surface area contributed by atoms with Gasteiger partial charge < -0.3 is 15.2 Å². The third kappa shape index (κ3) is 3.51. The quantitative estimate of drug-likeness (QED) is 0.831. The van der Waals surface area contributed by atoms with Crippen LogP contribution in [-0.4, -0.2) is 17.0 Å². The number of dihydropyridines is 1. The minimum Gasteiger partial charge on any atom is -0.478 e. The van der Waals surface area contributed by atoms with E-state index in [1.54, 1.807) is 13.8 Å². The zero-order valence-corrected chi connectivity index (χ0v) is 12.0. The highest BCUT2D eigenvalue weighted by atomic mass is 16.5. The summed E-state index contributed by atoms with van der Waals surface area (Å²) in [5.41, 5.74) is 2.62. The van der Waals surface area contributed by atoms with Gasteiger partial charge in [-0.1, -0.05) is 30.3 Å². The Kier molecular flexibility index (Phi) is 4.42. The van der Waals surface area contributed by atoms with E-state index >= 15 is 0 Å². The van der Waals surface area contributed by atoms with Gasteiger partial charge in [0, 0.05) is 17.8 Å². The Bertz CT molecular complexity index is 629. The Labute approximate surface area is 122 Å². The van der Waals surface area contributed by atoms with Crippen molar-refractivity contribution in [1.82, 2.24) is 5.32 Å². The van der Waals surface area contributed by atoms with Crippen molar-refractivity contribution in [3.63, 3.8) is 0 Å². The fourth-order valence-electron chi connectivity index (χ4n) is 2.15. The predicted molar refractivity (Wildman–Crippen MR) is 77.0 cm³/mol. The molecule has 0 saturated heterocycles. The molecule has 0 unspecified atom stereocenters. The molecule has 0 saturated carbocycles. The van der Waals surface area contributed by atoms with Crippen molar-refractivity contribution < 1.29 is 19.4 Å². The molecule has 110 valence electrons. The van der Waals surface area contributed by atoms with E-state index in [0.29, 0.717) is 17.0 Å². The third-order valence-electron chi connectivity index (χ3n) is 3.35. The third-order valence-corrected chi connectivity index (χ3v) is 3.35. The number of nitrogens with one attached hydrogen (secondary N) is 1. The molecule has 5 heteroatoms. The number of hydrogen-bond donors (Lipinski definition) is 2. The predicted octanol–water partition coefficient (Wildman–Crippen LogP) is 2.36. The second-order valence-electron chi connectivity index (χ2n) is 4.88. The van der Waals surface area contributed by atoms with E-state index in [1.165, 1.54) is 0 Å². The van der Waals surface area contributed by atoms with Crippen LogP contribution < -0.4 is 5.32 Å². The van der Waals surface area contributed by atoms with Gasteiger partial charge in [0.1, 0.15) is 6.61 Å². The van der Waals surface area contributed by atoms with Crippen LogP contribution in [0.15, 0.2) is 52.9 Å². The molecule has 0 amide bonds. The molecule has 1 heterocycles. The minimum absolute atomic E-state index is 0.0770. The molecule has 0 fully saturated rings. The topological polar surface area (TPSA) is 75.6 Å². The number of carbonyl (C=O) groups is 2. The van der Waals surface area contributed by atoms with E-state index in [1.807, 2.05) is 30.3 Å². The molecule has 21 heavy (non-hydrogen) atoms. The molecule has 5 nitrogen and oxygen atoms in total. The molecule has 1 aliphatic heterocycles. The smallest absolute Gasteiger partial charge is 0.336 e. The van der Waals surface area contributed by atoms with Crippen molar-refractivity contribution in [3.05, 3.63) is 58.4 Å². The van der Waals surface area contributed by atoms with Gasteiger partial charge in [0.2, 0.25) is 0 Å². The maximum Gasteiger partial charge on any atom is 0.336 e. The van der Waals surface area contributed by atoms with E-state index in [0.717, 1.165) is 5.56 Å². The van der Waals surface area contributed by atoms with E-state index < -0.39 is 11.9 Å². The summed E-state index contributed by atoms with van der Waals surface area (Å²) in [5, 5.41) is 12.0. The fourth-order valence-corrected chi connectivity index (χ4v) is 2.15. The van der Waals surface area contributed by atoms with Crippen LogP contribution in [0.5, 0.6) is 0 Å². The van der Waals surface area contributed by atoms with Crippen LogP contribution in [0, 0.1) is 0 Å². The molecule has 0 aromatic heterocycles. The molecule has 0 spiro atoms. The summed E-state index contributed by atoms with van der Waals surface area (Å²) < 4.78 is 5.25. The molecule has 1 aromatic carbocycles. The molecular weight excluding hydrogens is 270 g/mol. The molecule has 1 aromatic rings. The summed E-state index contributed by atoms with van der Waals surface area (Å²) >= 11 is 0. The van der Waals surface area contributed by atoms with Crippen LogP contribution in [-0.2, 0) is 20.9 Å². The van der Waals surface area contributed by atoms with Gasteiger partial charge in [0.25, 0.3) is 0 Å². The first-order chi connectivity index (χ1) is 9.99. The van der Waals surface area contributed by atoms with E-state index in [9.17, 15) is 9.59 Å². The number of hydrogen-bond acceptors (Lipinski definition) is 4. The molecular formula is C16H17NO4. The average molecular weight is 287 g/mol. The average Bonchev–Trinajstić information content (AvgIpc) is 2.45. The monoisotopic (exact) mass is 287 g/mol. The van der Waals surface area contributed by atoms with Crippen LogP contribution in [0.2, 0.25) is 0 Å². The molecule has 0 aliphatic carbocycles. The van der Waals surface area contributed by atoms with Crippen LogP contribution in [0.4, 0.5) is 0 Å². The lowest BCUT2D eigenvalue weighted by atomic mass is 9.98. The first-order valence-electron chi connectivity index (χ1n) is 6.60. The second-order valence-corrected chi connectivity index (χ2v) is 4.88. The largest absolute Gasteiger partial charge is 0.478 e. The Balaban J connectivity index is 2.05. The van der Waals surface area contributed by atoms with E-state index in [4.69, 9.17) is 9.84 Å². The number of ether oxygens (including phenoxy) is 1. The lowest BCUT2D eigenvalue weighted by molar-refractivity contribution is -0.140. The van der Waals surface area contributed by atoms with Gasteiger partial charge in [-0.15, -0.1) is 0 Å². The summed E-state index contributed by atoms with van der Waals surface area (Å²) in [6.45, 7) is 3.59. The Hall–Kier alpha value is -2.56. The van der Waals surface area contributed by atoms with Gasteiger partial charge in [0.15, 0.2) is 0 Å². The summed E-state index contributed by atoms with van der Waals surface area (Å²) in [7, 11) is 0. The summed E-state index contributed by atoms with van der Waals surface area (Å²) in [6.07, 6.45) is 0.0770. The SMILES string of the molecule is CC1=C(C(=O)O)CC(C(=O)OCc2ccccc2)=C(C)N1.